The summed E-state index contributed by atoms with van der Waals surface area (Å²) in [6.07, 6.45) is 4.27. The topological polar surface area (TPSA) is 38.0 Å². The molecule has 0 atom stereocenters. The number of benzene rings is 1. The second-order valence-electron chi connectivity index (χ2n) is 3.48. The molecular weight excluding hydrogens is 247 g/mol. The largest absolute Gasteiger partial charge is 0.397 e. The van der Waals surface area contributed by atoms with Crippen molar-refractivity contribution in [3.05, 3.63) is 23.0 Å². The van der Waals surface area contributed by atoms with Gasteiger partial charge in [0.05, 0.1) is 16.4 Å². The zero-order chi connectivity index (χ0) is 12.0. The van der Waals surface area contributed by atoms with E-state index in [1.165, 1.54) is 12.1 Å². The summed E-state index contributed by atoms with van der Waals surface area (Å²) < 4.78 is 13.2. The first-order valence-electron chi connectivity index (χ1n) is 5.12. The van der Waals surface area contributed by atoms with Crippen LogP contribution < -0.4 is 11.1 Å². The van der Waals surface area contributed by atoms with Gasteiger partial charge in [0, 0.05) is 12.6 Å². The van der Waals surface area contributed by atoms with Gasteiger partial charge in [-0.05, 0) is 30.9 Å². The average Bonchev–Trinajstić information content (AvgIpc) is 2.25. The number of nitrogens with two attached hydrogens (primary N) is 1. The smallest absolute Gasteiger partial charge is 0.143 e. The van der Waals surface area contributed by atoms with Crippen molar-refractivity contribution in [2.75, 3.05) is 29.6 Å². The number of anilines is 2. The molecule has 0 saturated carbocycles. The van der Waals surface area contributed by atoms with Crippen LogP contribution in [0.3, 0.4) is 0 Å². The molecule has 0 radical (unpaired) electrons. The second-order valence-corrected chi connectivity index (χ2v) is 4.87. The van der Waals surface area contributed by atoms with Gasteiger partial charge in [0.2, 0.25) is 0 Å². The maximum atomic E-state index is 13.2. The highest BCUT2D eigenvalue weighted by molar-refractivity contribution is 7.98. The number of rotatable bonds is 6. The lowest BCUT2D eigenvalue weighted by Gasteiger charge is -2.09. The Morgan fingerprint density at radius 2 is 2.19 bits per heavy atom. The number of thioether (sulfide) groups is 1. The highest BCUT2D eigenvalue weighted by atomic mass is 35.5. The van der Waals surface area contributed by atoms with Gasteiger partial charge in [0.1, 0.15) is 5.82 Å². The van der Waals surface area contributed by atoms with Crippen molar-refractivity contribution in [1.29, 1.82) is 0 Å². The number of nitrogens with one attached hydrogen (secondary N) is 1. The molecule has 0 unspecified atom stereocenters. The SMILES string of the molecule is CSCCCCNc1cc(F)c(Cl)cc1N. The van der Waals surface area contributed by atoms with Gasteiger partial charge in [-0.1, -0.05) is 11.6 Å². The quantitative estimate of drug-likeness (QED) is 0.608. The van der Waals surface area contributed by atoms with E-state index in [2.05, 4.69) is 11.6 Å². The molecular formula is C11H16ClFN2S. The van der Waals surface area contributed by atoms with Crippen molar-refractivity contribution in [1.82, 2.24) is 0 Å². The summed E-state index contributed by atoms with van der Waals surface area (Å²) in [5.74, 6) is 0.703. The normalized spacial score (nSPS) is 10.4. The molecule has 16 heavy (non-hydrogen) atoms. The molecule has 1 rings (SSSR count). The van der Waals surface area contributed by atoms with Crippen LogP contribution in [0, 0.1) is 5.82 Å². The van der Waals surface area contributed by atoms with E-state index in [4.69, 9.17) is 17.3 Å². The van der Waals surface area contributed by atoms with Gasteiger partial charge in [0.25, 0.3) is 0 Å². The molecule has 1 aromatic rings. The van der Waals surface area contributed by atoms with Gasteiger partial charge in [-0.25, -0.2) is 4.39 Å². The summed E-state index contributed by atoms with van der Waals surface area (Å²) >= 11 is 7.43. The Labute approximate surface area is 105 Å². The molecule has 0 spiro atoms. The minimum absolute atomic E-state index is 0.0606. The lowest BCUT2D eigenvalue weighted by Crippen LogP contribution is -2.05. The van der Waals surface area contributed by atoms with E-state index in [9.17, 15) is 4.39 Å². The summed E-state index contributed by atoms with van der Waals surface area (Å²) in [5, 5.41) is 3.17. The van der Waals surface area contributed by atoms with E-state index in [1.54, 1.807) is 0 Å². The molecule has 2 nitrogen and oxygen atoms in total. The minimum atomic E-state index is -0.442. The third kappa shape index (κ3) is 4.10. The summed E-state index contributed by atoms with van der Waals surface area (Å²) in [4.78, 5) is 0. The van der Waals surface area contributed by atoms with Crippen molar-refractivity contribution in [3.63, 3.8) is 0 Å². The summed E-state index contributed by atoms with van der Waals surface area (Å²) in [7, 11) is 0. The van der Waals surface area contributed by atoms with Crippen molar-refractivity contribution >= 4 is 34.7 Å². The molecule has 0 fully saturated rings. The van der Waals surface area contributed by atoms with Crippen LogP contribution >= 0.6 is 23.4 Å². The van der Waals surface area contributed by atoms with Crippen LogP contribution in [-0.2, 0) is 0 Å². The van der Waals surface area contributed by atoms with Crippen LogP contribution in [0.5, 0.6) is 0 Å². The fourth-order valence-electron chi connectivity index (χ4n) is 1.31. The van der Waals surface area contributed by atoms with Crippen LogP contribution in [0.15, 0.2) is 12.1 Å². The molecule has 5 heteroatoms. The molecule has 0 heterocycles. The lowest BCUT2D eigenvalue weighted by molar-refractivity contribution is 0.629. The molecule has 0 amide bonds. The van der Waals surface area contributed by atoms with E-state index in [0.717, 1.165) is 25.1 Å². The van der Waals surface area contributed by atoms with Crippen LogP contribution in [0.1, 0.15) is 12.8 Å². The van der Waals surface area contributed by atoms with Gasteiger partial charge in [-0.2, -0.15) is 11.8 Å². The summed E-state index contributed by atoms with van der Waals surface area (Å²) in [6, 6.07) is 2.77. The van der Waals surface area contributed by atoms with E-state index in [1.807, 2.05) is 11.8 Å². The van der Waals surface area contributed by atoms with Gasteiger partial charge in [0.15, 0.2) is 0 Å². The third-order valence-corrected chi connectivity index (χ3v) is 3.17. The second kappa shape index (κ2) is 6.86. The molecule has 0 bridgehead atoms. The minimum Gasteiger partial charge on any atom is -0.397 e. The molecule has 3 N–H and O–H groups in total. The summed E-state index contributed by atoms with van der Waals surface area (Å²) in [6.45, 7) is 0.797. The van der Waals surface area contributed by atoms with Crippen LogP contribution in [-0.4, -0.2) is 18.6 Å². The molecule has 1 aromatic carbocycles. The predicted octanol–water partition coefficient (Wildman–Crippen LogP) is 3.62. The maximum absolute atomic E-state index is 13.2. The monoisotopic (exact) mass is 262 g/mol. The number of unbranched alkanes of at least 4 members (excludes halogenated alkanes) is 1. The standard InChI is InChI=1S/C11H16ClFN2S/c1-16-5-3-2-4-15-11-7-9(13)8(12)6-10(11)14/h6-7,15H,2-5,14H2,1H3. The number of hydrogen-bond donors (Lipinski definition) is 2. The summed E-state index contributed by atoms with van der Waals surface area (Å²) in [5.41, 5.74) is 6.81. The molecule has 0 aliphatic heterocycles. The Morgan fingerprint density at radius 3 is 2.88 bits per heavy atom. The van der Waals surface area contributed by atoms with E-state index in [0.29, 0.717) is 11.4 Å². The number of hydrogen-bond acceptors (Lipinski definition) is 3. The number of nitrogen functional groups attached to an aromatic ring is 1. The number of halogens is 2. The van der Waals surface area contributed by atoms with Gasteiger partial charge in [-0.15, -0.1) is 0 Å². The Balaban J connectivity index is 2.45. The zero-order valence-corrected chi connectivity index (χ0v) is 10.8. The predicted molar refractivity (Wildman–Crippen MR) is 71.9 cm³/mol. The first kappa shape index (κ1) is 13.5. The van der Waals surface area contributed by atoms with Gasteiger partial charge >= 0.3 is 0 Å². The fraction of sp³-hybridized carbons (Fsp3) is 0.455. The zero-order valence-electron chi connectivity index (χ0n) is 9.22. The average molecular weight is 263 g/mol. The van der Waals surface area contributed by atoms with Crippen LogP contribution in [0.25, 0.3) is 0 Å². The Bertz CT molecular complexity index is 347. The maximum Gasteiger partial charge on any atom is 0.143 e. The molecule has 0 aromatic heterocycles. The van der Waals surface area contributed by atoms with Crippen LogP contribution in [0.2, 0.25) is 5.02 Å². The fourth-order valence-corrected chi connectivity index (χ4v) is 1.97. The molecule has 0 aliphatic carbocycles. The van der Waals surface area contributed by atoms with Gasteiger partial charge < -0.3 is 11.1 Å². The van der Waals surface area contributed by atoms with Crippen molar-refractivity contribution in [3.8, 4) is 0 Å². The Morgan fingerprint density at radius 1 is 1.44 bits per heavy atom. The molecule has 0 saturated heterocycles. The van der Waals surface area contributed by atoms with E-state index < -0.39 is 5.82 Å². The molecule has 90 valence electrons. The van der Waals surface area contributed by atoms with E-state index >= 15 is 0 Å². The highest BCUT2D eigenvalue weighted by Crippen LogP contribution is 2.25. The van der Waals surface area contributed by atoms with Crippen molar-refractivity contribution < 1.29 is 4.39 Å². The van der Waals surface area contributed by atoms with E-state index in [-0.39, 0.29) is 5.02 Å². The molecule has 0 aliphatic rings. The Hall–Kier alpha value is -0.610. The van der Waals surface area contributed by atoms with Crippen molar-refractivity contribution in [2.45, 2.75) is 12.8 Å². The van der Waals surface area contributed by atoms with Crippen molar-refractivity contribution in [2.24, 2.45) is 0 Å². The third-order valence-electron chi connectivity index (χ3n) is 2.18. The Kier molecular flexibility index (Phi) is 5.77. The first-order valence-corrected chi connectivity index (χ1v) is 6.89. The van der Waals surface area contributed by atoms with Crippen LogP contribution in [0.4, 0.5) is 15.8 Å². The highest BCUT2D eigenvalue weighted by Gasteiger charge is 2.05. The lowest BCUT2D eigenvalue weighted by atomic mass is 10.2. The first-order chi connectivity index (χ1) is 7.65. The van der Waals surface area contributed by atoms with Gasteiger partial charge in [-0.3, -0.25) is 0 Å².